The number of nitrogens with one attached hydrogen (secondary N) is 1. The fraction of sp³-hybridized carbons (Fsp3) is 1.00. The Kier molecular flexibility index (Phi) is 5.00. The molecule has 0 saturated carbocycles. The molecule has 0 aromatic heterocycles. The third kappa shape index (κ3) is 2.29. The van der Waals surface area contributed by atoms with Crippen molar-refractivity contribution in [3.8, 4) is 0 Å². The van der Waals surface area contributed by atoms with Crippen LogP contribution in [0.3, 0.4) is 0 Å². The largest absolute Gasteiger partial charge is 0.395 e. The van der Waals surface area contributed by atoms with E-state index in [1.807, 2.05) is 0 Å². The molecule has 74 valence electrons. The zero-order valence-corrected chi connectivity index (χ0v) is 7.24. The van der Waals surface area contributed by atoms with Crippen molar-refractivity contribution in [1.29, 1.82) is 0 Å². The van der Waals surface area contributed by atoms with Gasteiger partial charge in [-0.3, -0.25) is 0 Å². The Bertz CT molecular complexity index is 135. The zero-order valence-electron chi connectivity index (χ0n) is 6.42. The third-order valence-electron chi connectivity index (χ3n) is 1.94. The highest BCUT2D eigenvalue weighted by Gasteiger charge is 2.35. The first kappa shape index (κ1) is 12.1. The molecule has 0 aromatic rings. The van der Waals surface area contributed by atoms with Crippen molar-refractivity contribution in [3.05, 3.63) is 0 Å². The summed E-state index contributed by atoms with van der Waals surface area (Å²) in [6.45, 7) is -0.0472. The Morgan fingerprint density at radius 1 is 1.17 bits per heavy atom. The molecule has 5 N–H and O–H groups in total. The summed E-state index contributed by atoms with van der Waals surface area (Å²) in [5.74, 6) is 0. The van der Waals surface area contributed by atoms with Gasteiger partial charge in [0.15, 0.2) is 0 Å². The number of aliphatic hydroxyl groups excluding tert-OH is 4. The number of rotatable bonds is 1. The lowest BCUT2D eigenvalue weighted by molar-refractivity contribution is -0.101. The van der Waals surface area contributed by atoms with E-state index in [-0.39, 0.29) is 25.6 Å². The second kappa shape index (κ2) is 4.96. The lowest BCUT2D eigenvalue weighted by Crippen LogP contribution is -2.60. The van der Waals surface area contributed by atoms with E-state index in [1.165, 1.54) is 0 Å². The lowest BCUT2D eigenvalue weighted by Gasteiger charge is -2.34. The highest BCUT2D eigenvalue weighted by molar-refractivity contribution is 5.85. The summed E-state index contributed by atoms with van der Waals surface area (Å²) in [6.07, 6.45) is -3.20. The first-order valence-corrected chi connectivity index (χ1v) is 3.55. The third-order valence-corrected chi connectivity index (χ3v) is 1.94. The minimum absolute atomic E-state index is 0. The van der Waals surface area contributed by atoms with Gasteiger partial charge in [-0.2, -0.15) is 0 Å². The molecule has 0 aromatic carbocycles. The quantitative estimate of drug-likeness (QED) is 0.321. The van der Waals surface area contributed by atoms with E-state index in [4.69, 9.17) is 15.3 Å². The number of piperidine rings is 1. The van der Waals surface area contributed by atoms with Crippen LogP contribution in [-0.4, -0.2) is 57.9 Å². The van der Waals surface area contributed by atoms with Gasteiger partial charge in [0.2, 0.25) is 0 Å². The molecule has 1 heterocycles. The van der Waals surface area contributed by atoms with Crippen LogP contribution in [0, 0.1) is 0 Å². The van der Waals surface area contributed by atoms with Crippen LogP contribution < -0.4 is 5.32 Å². The number of β-amino-alcohol motifs (C(OH)–C–C–N with tert-alkyl or cyclic N) is 1. The standard InChI is InChI=1S/C6H13NO4.ClH/c8-2-3-5(10)6(11)4(9)1-7-3;/h3-11H,1-2H2;1H/t3-,4-,5-,6?;/m1./s1. The molecule has 5 nitrogen and oxygen atoms in total. The van der Waals surface area contributed by atoms with Crippen LogP contribution in [-0.2, 0) is 0 Å². The van der Waals surface area contributed by atoms with E-state index in [0.717, 1.165) is 0 Å². The van der Waals surface area contributed by atoms with Gasteiger partial charge in [0.05, 0.1) is 24.9 Å². The van der Waals surface area contributed by atoms with Gasteiger partial charge in [0.1, 0.15) is 6.10 Å². The molecule has 4 atom stereocenters. The smallest absolute Gasteiger partial charge is 0.109 e. The van der Waals surface area contributed by atoms with E-state index in [2.05, 4.69) is 5.32 Å². The van der Waals surface area contributed by atoms with Gasteiger partial charge in [0, 0.05) is 6.54 Å². The molecular formula is C6H14ClNO4. The normalized spacial score (nSPS) is 42.0. The second-order valence-electron chi connectivity index (χ2n) is 2.75. The molecule has 1 aliphatic heterocycles. The van der Waals surface area contributed by atoms with Crippen molar-refractivity contribution in [3.63, 3.8) is 0 Å². The van der Waals surface area contributed by atoms with Gasteiger partial charge in [-0.05, 0) is 0 Å². The topological polar surface area (TPSA) is 93.0 Å². The Hall–Kier alpha value is 0.0900. The van der Waals surface area contributed by atoms with E-state index in [1.54, 1.807) is 0 Å². The number of halogens is 1. The minimum Gasteiger partial charge on any atom is -0.395 e. The fourth-order valence-electron chi connectivity index (χ4n) is 1.15. The summed E-state index contributed by atoms with van der Waals surface area (Å²) in [6, 6.07) is -0.534. The van der Waals surface area contributed by atoms with E-state index < -0.39 is 24.4 Å². The average molecular weight is 200 g/mol. The first-order chi connectivity index (χ1) is 5.16. The maximum Gasteiger partial charge on any atom is 0.109 e. The van der Waals surface area contributed by atoms with Crippen LogP contribution >= 0.6 is 12.4 Å². The molecule has 1 fully saturated rings. The maximum atomic E-state index is 9.18. The Labute approximate surface area is 76.4 Å². The summed E-state index contributed by atoms with van der Waals surface area (Å²) < 4.78 is 0. The molecule has 0 aliphatic carbocycles. The average Bonchev–Trinajstić information content (AvgIpc) is 2.01. The molecule has 1 aliphatic rings. The van der Waals surface area contributed by atoms with Crippen LogP contribution in [0.1, 0.15) is 0 Å². The Morgan fingerprint density at radius 3 is 2.25 bits per heavy atom. The van der Waals surface area contributed by atoms with Crippen LogP contribution in [0.5, 0.6) is 0 Å². The monoisotopic (exact) mass is 199 g/mol. The Balaban J connectivity index is 0.00000121. The van der Waals surface area contributed by atoms with Crippen molar-refractivity contribution < 1.29 is 20.4 Å². The van der Waals surface area contributed by atoms with Crippen LogP contribution in [0.25, 0.3) is 0 Å². The SMILES string of the molecule is Cl.OC[C@H]1NC[C@@H](O)C(O)[C@@H]1O. The number of aliphatic hydroxyl groups is 4. The molecule has 0 spiro atoms. The van der Waals surface area contributed by atoms with E-state index in [0.29, 0.717) is 0 Å². The molecule has 0 bridgehead atoms. The number of hydrogen-bond acceptors (Lipinski definition) is 5. The van der Waals surface area contributed by atoms with Crippen LogP contribution in [0.4, 0.5) is 0 Å². The zero-order chi connectivity index (χ0) is 8.43. The van der Waals surface area contributed by atoms with Gasteiger partial charge in [0.25, 0.3) is 0 Å². The van der Waals surface area contributed by atoms with Gasteiger partial charge in [-0.25, -0.2) is 0 Å². The molecule has 1 unspecified atom stereocenters. The van der Waals surface area contributed by atoms with Crippen molar-refractivity contribution >= 4 is 12.4 Å². The molecule has 1 rings (SSSR count). The number of hydrogen-bond donors (Lipinski definition) is 5. The maximum absolute atomic E-state index is 9.18. The van der Waals surface area contributed by atoms with Crippen molar-refractivity contribution in [2.45, 2.75) is 24.4 Å². The summed E-state index contributed by atoms with van der Waals surface area (Å²) in [7, 11) is 0. The predicted molar refractivity (Wildman–Crippen MR) is 44.1 cm³/mol. The van der Waals surface area contributed by atoms with Crippen LogP contribution in [0.2, 0.25) is 0 Å². The van der Waals surface area contributed by atoms with Crippen molar-refractivity contribution in [2.75, 3.05) is 13.2 Å². The van der Waals surface area contributed by atoms with Gasteiger partial charge >= 0.3 is 0 Å². The van der Waals surface area contributed by atoms with E-state index in [9.17, 15) is 5.11 Å². The van der Waals surface area contributed by atoms with Crippen molar-refractivity contribution in [1.82, 2.24) is 5.32 Å². The van der Waals surface area contributed by atoms with Crippen molar-refractivity contribution in [2.24, 2.45) is 0 Å². The second-order valence-corrected chi connectivity index (χ2v) is 2.75. The summed E-state index contributed by atoms with van der Waals surface area (Å²) >= 11 is 0. The van der Waals surface area contributed by atoms with E-state index >= 15 is 0 Å². The molecule has 0 radical (unpaired) electrons. The summed E-state index contributed by atoms with van der Waals surface area (Å²) in [5.41, 5.74) is 0. The molecule has 6 heteroatoms. The fourth-order valence-corrected chi connectivity index (χ4v) is 1.15. The minimum atomic E-state index is -1.16. The summed E-state index contributed by atoms with van der Waals surface area (Å²) in [4.78, 5) is 0. The highest BCUT2D eigenvalue weighted by atomic mass is 35.5. The molecule has 1 saturated heterocycles. The van der Waals surface area contributed by atoms with Gasteiger partial charge < -0.3 is 25.7 Å². The van der Waals surface area contributed by atoms with Crippen LogP contribution in [0.15, 0.2) is 0 Å². The Morgan fingerprint density at radius 2 is 1.75 bits per heavy atom. The summed E-state index contributed by atoms with van der Waals surface area (Å²) in [5, 5.41) is 38.6. The van der Waals surface area contributed by atoms with Gasteiger partial charge in [-0.15, -0.1) is 12.4 Å². The highest BCUT2D eigenvalue weighted by Crippen LogP contribution is 2.09. The molecule has 0 amide bonds. The molecule has 12 heavy (non-hydrogen) atoms. The van der Waals surface area contributed by atoms with Gasteiger partial charge in [-0.1, -0.05) is 0 Å². The first-order valence-electron chi connectivity index (χ1n) is 3.55. The lowest BCUT2D eigenvalue weighted by atomic mass is 9.97. The predicted octanol–water partition coefficient (Wildman–Crippen LogP) is -2.54. The molecular weight excluding hydrogens is 186 g/mol.